The molecule has 15 heavy (non-hydrogen) atoms. The summed E-state index contributed by atoms with van der Waals surface area (Å²) in [5.74, 6) is 0. The summed E-state index contributed by atoms with van der Waals surface area (Å²) < 4.78 is 2.16. The minimum absolute atomic E-state index is 0.723. The summed E-state index contributed by atoms with van der Waals surface area (Å²) in [6, 6.07) is 9.83. The second-order valence-electron chi connectivity index (χ2n) is 3.29. The molecule has 0 atom stereocenters. The van der Waals surface area contributed by atoms with Crippen LogP contribution in [-0.4, -0.2) is 11.3 Å². The van der Waals surface area contributed by atoms with Gasteiger partial charge in [0.25, 0.3) is 0 Å². The Morgan fingerprint density at radius 3 is 2.93 bits per heavy atom. The molecule has 0 amide bonds. The maximum absolute atomic E-state index is 10.9. The van der Waals surface area contributed by atoms with E-state index in [0.29, 0.717) is 0 Å². The number of hydrogen-bond acceptors (Lipinski definition) is 3. The van der Waals surface area contributed by atoms with E-state index < -0.39 is 0 Å². The zero-order chi connectivity index (χ0) is 10.3. The van der Waals surface area contributed by atoms with Gasteiger partial charge in [0.2, 0.25) is 0 Å². The number of benzene rings is 1. The number of rotatable bonds is 1. The zero-order valence-corrected chi connectivity index (χ0v) is 8.62. The van der Waals surface area contributed by atoms with E-state index in [0.717, 1.165) is 27.5 Å². The van der Waals surface area contributed by atoms with E-state index in [-0.39, 0.29) is 0 Å². The monoisotopic (exact) mass is 213 g/mol. The van der Waals surface area contributed by atoms with E-state index in [1.54, 1.807) is 23.6 Å². The molecular formula is C12H7NOS. The van der Waals surface area contributed by atoms with Crippen LogP contribution in [-0.2, 0) is 0 Å². The highest BCUT2D eigenvalue weighted by Gasteiger charge is 2.08. The van der Waals surface area contributed by atoms with Gasteiger partial charge >= 0.3 is 0 Å². The van der Waals surface area contributed by atoms with E-state index in [1.165, 1.54) is 4.70 Å². The van der Waals surface area contributed by atoms with Crippen LogP contribution in [0.2, 0.25) is 0 Å². The number of hydrogen-bond donors (Lipinski definition) is 0. The Labute approximate surface area is 90.2 Å². The largest absolute Gasteiger partial charge is 0.298 e. The molecule has 0 aliphatic heterocycles. The summed E-state index contributed by atoms with van der Waals surface area (Å²) in [5, 5.41) is 1.13. The number of aromatic nitrogens is 1. The van der Waals surface area contributed by atoms with Crippen molar-refractivity contribution in [2.75, 3.05) is 0 Å². The normalized spacial score (nSPS) is 10.9. The molecule has 0 spiro atoms. The Bertz CT molecular complexity index is 657. The number of carbonyl (C=O) groups excluding carboxylic acids is 1. The van der Waals surface area contributed by atoms with Gasteiger partial charge in [-0.05, 0) is 12.1 Å². The highest BCUT2D eigenvalue weighted by molar-refractivity contribution is 7.26. The second-order valence-corrected chi connectivity index (χ2v) is 4.35. The van der Waals surface area contributed by atoms with E-state index in [9.17, 15) is 4.79 Å². The van der Waals surface area contributed by atoms with Crippen LogP contribution in [0, 0.1) is 0 Å². The predicted octanol–water partition coefficient (Wildman–Crippen LogP) is 3.26. The topological polar surface area (TPSA) is 30.0 Å². The van der Waals surface area contributed by atoms with Gasteiger partial charge < -0.3 is 0 Å². The van der Waals surface area contributed by atoms with Gasteiger partial charge in [-0.2, -0.15) is 0 Å². The van der Waals surface area contributed by atoms with Crippen LogP contribution < -0.4 is 0 Å². The first-order chi connectivity index (χ1) is 7.40. The van der Waals surface area contributed by atoms with Crippen LogP contribution >= 0.6 is 11.3 Å². The van der Waals surface area contributed by atoms with Crippen molar-refractivity contribution in [3.05, 3.63) is 42.1 Å². The highest BCUT2D eigenvalue weighted by Crippen LogP contribution is 2.33. The van der Waals surface area contributed by atoms with Crippen LogP contribution in [0.5, 0.6) is 0 Å². The van der Waals surface area contributed by atoms with Gasteiger partial charge in [0, 0.05) is 21.8 Å². The van der Waals surface area contributed by atoms with E-state index in [4.69, 9.17) is 0 Å². The molecule has 0 saturated heterocycles. The fraction of sp³-hybridized carbons (Fsp3) is 0. The molecule has 3 heteroatoms. The third-order valence-electron chi connectivity index (χ3n) is 2.42. The van der Waals surface area contributed by atoms with Crippen LogP contribution in [0.25, 0.3) is 20.3 Å². The Balaban J connectivity index is 2.59. The van der Waals surface area contributed by atoms with Gasteiger partial charge in [-0.25, -0.2) is 0 Å². The maximum Gasteiger partial charge on any atom is 0.151 e. The maximum atomic E-state index is 10.9. The molecule has 0 aliphatic carbocycles. The van der Waals surface area contributed by atoms with Crippen LogP contribution in [0.15, 0.2) is 36.5 Å². The average Bonchev–Trinajstić information content (AvgIpc) is 2.67. The van der Waals surface area contributed by atoms with E-state index >= 15 is 0 Å². The molecule has 0 radical (unpaired) electrons. The number of thiophene rings is 1. The molecule has 0 N–H and O–H groups in total. The summed E-state index contributed by atoms with van der Waals surface area (Å²) in [7, 11) is 0. The molecule has 0 bridgehead atoms. The number of fused-ring (bicyclic) bond motifs is 3. The van der Waals surface area contributed by atoms with Gasteiger partial charge in [0.15, 0.2) is 6.29 Å². The molecule has 1 aromatic carbocycles. The van der Waals surface area contributed by atoms with Crippen molar-refractivity contribution < 1.29 is 4.79 Å². The van der Waals surface area contributed by atoms with Crippen molar-refractivity contribution in [1.82, 2.24) is 4.98 Å². The first-order valence-electron chi connectivity index (χ1n) is 4.61. The molecule has 72 valence electrons. The molecule has 0 fully saturated rings. The fourth-order valence-corrected chi connectivity index (χ4v) is 2.85. The second kappa shape index (κ2) is 3.14. The molecule has 2 aromatic heterocycles. The average molecular weight is 213 g/mol. The summed E-state index contributed by atoms with van der Waals surface area (Å²) in [6.45, 7) is 0. The lowest BCUT2D eigenvalue weighted by Crippen LogP contribution is -1.81. The van der Waals surface area contributed by atoms with Gasteiger partial charge in [-0.15, -0.1) is 11.3 Å². The lowest BCUT2D eigenvalue weighted by atomic mass is 10.2. The Morgan fingerprint density at radius 2 is 2.07 bits per heavy atom. The van der Waals surface area contributed by atoms with Crippen molar-refractivity contribution in [1.29, 1.82) is 0 Å². The summed E-state index contributed by atoms with van der Waals surface area (Å²) >= 11 is 1.62. The molecule has 0 unspecified atom stereocenters. The zero-order valence-electron chi connectivity index (χ0n) is 7.81. The SMILES string of the molecule is O=Cc1ccnc2c1sc1ccccc12. The summed E-state index contributed by atoms with van der Waals surface area (Å²) in [5.41, 5.74) is 1.65. The van der Waals surface area contributed by atoms with E-state index in [2.05, 4.69) is 11.1 Å². The minimum Gasteiger partial charge on any atom is -0.298 e. The van der Waals surface area contributed by atoms with Crippen molar-refractivity contribution >= 4 is 37.9 Å². The van der Waals surface area contributed by atoms with Crippen molar-refractivity contribution in [3.8, 4) is 0 Å². The van der Waals surface area contributed by atoms with Gasteiger partial charge in [0.05, 0.1) is 10.2 Å². The van der Waals surface area contributed by atoms with Gasteiger partial charge in [0.1, 0.15) is 0 Å². The van der Waals surface area contributed by atoms with Gasteiger partial charge in [-0.3, -0.25) is 9.78 Å². The first kappa shape index (κ1) is 8.56. The molecule has 2 heterocycles. The standard InChI is InChI=1S/C12H7NOS/c14-7-8-5-6-13-11-9-3-1-2-4-10(9)15-12(8)11/h1-7H. The number of aldehydes is 1. The molecule has 2 nitrogen and oxygen atoms in total. The third kappa shape index (κ3) is 1.17. The summed E-state index contributed by atoms with van der Waals surface area (Å²) in [4.78, 5) is 15.2. The van der Waals surface area contributed by atoms with Gasteiger partial charge in [-0.1, -0.05) is 18.2 Å². The molecule has 3 aromatic rings. The highest BCUT2D eigenvalue weighted by atomic mass is 32.1. The smallest absolute Gasteiger partial charge is 0.151 e. The minimum atomic E-state index is 0.723. The van der Waals surface area contributed by atoms with Crippen LogP contribution in [0.3, 0.4) is 0 Å². The Morgan fingerprint density at radius 1 is 1.20 bits per heavy atom. The number of nitrogens with zero attached hydrogens (tertiary/aromatic N) is 1. The summed E-state index contributed by atoms with van der Waals surface area (Å²) in [6.07, 6.45) is 2.57. The molecule has 0 saturated carbocycles. The first-order valence-corrected chi connectivity index (χ1v) is 5.43. The van der Waals surface area contributed by atoms with Crippen LogP contribution in [0.1, 0.15) is 10.4 Å². The third-order valence-corrected chi connectivity index (χ3v) is 3.63. The van der Waals surface area contributed by atoms with E-state index in [1.807, 2.05) is 18.2 Å². The Kier molecular flexibility index (Phi) is 1.79. The van der Waals surface area contributed by atoms with Crippen LogP contribution in [0.4, 0.5) is 0 Å². The number of pyridine rings is 1. The Hall–Kier alpha value is -1.74. The van der Waals surface area contributed by atoms with Crippen molar-refractivity contribution in [2.24, 2.45) is 0 Å². The molecule has 0 aliphatic rings. The molecule has 3 rings (SSSR count). The quantitative estimate of drug-likeness (QED) is 0.581. The van der Waals surface area contributed by atoms with Crippen molar-refractivity contribution in [2.45, 2.75) is 0 Å². The number of carbonyl (C=O) groups is 1. The predicted molar refractivity (Wildman–Crippen MR) is 62.5 cm³/mol. The fourth-order valence-electron chi connectivity index (χ4n) is 1.72. The lowest BCUT2D eigenvalue weighted by molar-refractivity contribution is 0.112. The lowest BCUT2D eigenvalue weighted by Gasteiger charge is -1.91. The molecular weight excluding hydrogens is 206 g/mol. The van der Waals surface area contributed by atoms with Crippen molar-refractivity contribution in [3.63, 3.8) is 0 Å².